The molecule has 0 atom stereocenters. The highest BCUT2D eigenvalue weighted by molar-refractivity contribution is 7.88. The topological polar surface area (TPSA) is 86.5 Å². The molecule has 86 valence electrons. The summed E-state index contributed by atoms with van der Waals surface area (Å²) < 4.78 is 27.7. The van der Waals surface area contributed by atoms with Gasteiger partial charge >= 0.3 is 10.1 Å². The molecule has 1 aromatic rings. The quantitative estimate of drug-likeness (QED) is 0.454. The Kier molecular flexibility index (Phi) is 2.55. The maximum Gasteiger partial charge on any atom is 0.312 e. The smallest absolute Gasteiger partial charge is 0.312 e. The third kappa shape index (κ3) is 2.30. The zero-order chi connectivity index (χ0) is 11.8. The molecule has 7 heteroatoms. The summed E-state index contributed by atoms with van der Waals surface area (Å²) in [6, 6.07) is 4.96. The minimum absolute atomic E-state index is 0.101. The number of benzene rings is 1. The zero-order valence-electron chi connectivity index (χ0n) is 8.20. The summed E-state index contributed by atoms with van der Waals surface area (Å²) in [6.07, 6.45) is 1.24. The molecule has 0 aromatic heterocycles. The van der Waals surface area contributed by atoms with Gasteiger partial charge in [-0.15, -0.1) is 0 Å². The van der Waals surface area contributed by atoms with Gasteiger partial charge in [0.2, 0.25) is 0 Å². The van der Waals surface area contributed by atoms with Crippen molar-refractivity contribution in [2.24, 2.45) is 0 Å². The fourth-order valence-electron chi connectivity index (χ4n) is 1.18. The lowest BCUT2D eigenvalue weighted by Gasteiger charge is -2.04. The number of rotatable bonds is 4. The predicted molar refractivity (Wildman–Crippen MR) is 55.7 cm³/mol. The van der Waals surface area contributed by atoms with Crippen LogP contribution in [0.1, 0.15) is 12.8 Å². The van der Waals surface area contributed by atoms with Crippen molar-refractivity contribution in [1.82, 2.24) is 0 Å². The lowest BCUT2D eigenvalue weighted by Crippen LogP contribution is -2.14. The molecule has 0 unspecified atom stereocenters. The lowest BCUT2D eigenvalue weighted by atomic mass is 10.3. The Labute approximate surface area is 92.1 Å². The van der Waals surface area contributed by atoms with E-state index in [9.17, 15) is 18.5 Å². The molecule has 16 heavy (non-hydrogen) atoms. The molecule has 0 N–H and O–H groups in total. The Morgan fingerprint density at radius 1 is 1.25 bits per heavy atom. The molecule has 1 saturated carbocycles. The van der Waals surface area contributed by atoms with Crippen LogP contribution in [0.5, 0.6) is 5.75 Å². The summed E-state index contributed by atoms with van der Waals surface area (Å²) in [5.74, 6) is 0.109. The molecule has 2 rings (SSSR count). The van der Waals surface area contributed by atoms with E-state index in [1.165, 1.54) is 24.3 Å². The van der Waals surface area contributed by atoms with E-state index in [1.54, 1.807) is 0 Å². The Hall–Kier alpha value is -1.63. The standard InChI is InChI=1S/C9H9NO5S/c11-10(12)7-1-3-8(4-2-7)15-16(13,14)9-5-6-9/h1-4,9H,5-6H2. The maximum atomic E-state index is 11.4. The van der Waals surface area contributed by atoms with Crippen LogP contribution in [0.3, 0.4) is 0 Å². The molecule has 0 radical (unpaired) electrons. The average molecular weight is 243 g/mol. The van der Waals surface area contributed by atoms with Crippen molar-refractivity contribution in [3.8, 4) is 5.75 Å². The zero-order valence-corrected chi connectivity index (χ0v) is 9.01. The van der Waals surface area contributed by atoms with Crippen molar-refractivity contribution in [3.63, 3.8) is 0 Å². The van der Waals surface area contributed by atoms with Crippen LogP contribution in [0.2, 0.25) is 0 Å². The van der Waals surface area contributed by atoms with Crippen molar-refractivity contribution in [2.45, 2.75) is 18.1 Å². The SMILES string of the molecule is O=[N+]([O-])c1ccc(OS(=O)(=O)C2CC2)cc1. The maximum absolute atomic E-state index is 11.4. The Balaban J connectivity index is 2.13. The second kappa shape index (κ2) is 3.75. The van der Waals surface area contributed by atoms with Gasteiger partial charge in [-0.3, -0.25) is 10.1 Å². The van der Waals surface area contributed by atoms with Crippen LogP contribution in [-0.4, -0.2) is 18.6 Å². The first-order valence-electron chi connectivity index (χ1n) is 4.67. The molecule has 0 spiro atoms. The van der Waals surface area contributed by atoms with Gasteiger partial charge in [0.05, 0.1) is 10.2 Å². The van der Waals surface area contributed by atoms with Gasteiger partial charge in [0.1, 0.15) is 5.75 Å². The molecule has 0 amide bonds. The van der Waals surface area contributed by atoms with E-state index in [4.69, 9.17) is 4.18 Å². The third-order valence-corrected chi connectivity index (χ3v) is 3.91. The third-order valence-electron chi connectivity index (χ3n) is 2.19. The first-order valence-corrected chi connectivity index (χ1v) is 6.14. The van der Waals surface area contributed by atoms with E-state index < -0.39 is 20.3 Å². The molecule has 6 nitrogen and oxygen atoms in total. The Bertz CT molecular complexity index is 503. The summed E-state index contributed by atoms with van der Waals surface area (Å²) >= 11 is 0. The van der Waals surface area contributed by atoms with Crippen molar-refractivity contribution >= 4 is 15.8 Å². The van der Waals surface area contributed by atoms with Crippen LogP contribution in [0.4, 0.5) is 5.69 Å². The molecule has 1 fully saturated rings. The molecule has 0 bridgehead atoms. The first kappa shape index (κ1) is 10.9. The summed E-state index contributed by atoms with van der Waals surface area (Å²) in [7, 11) is -3.54. The monoisotopic (exact) mass is 243 g/mol. The van der Waals surface area contributed by atoms with Gasteiger partial charge in [-0.2, -0.15) is 8.42 Å². The number of non-ortho nitro benzene ring substituents is 1. The fourth-order valence-corrected chi connectivity index (χ4v) is 2.41. The second-order valence-corrected chi connectivity index (χ2v) is 5.35. The predicted octanol–water partition coefficient (Wildman–Crippen LogP) is 1.47. The van der Waals surface area contributed by atoms with Gasteiger partial charge < -0.3 is 4.18 Å². The van der Waals surface area contributed by atoms with Crippen LogP contribution < -0.4 is 4.18 Å². The number of hydrogen-bond donors (Lipinski definition) is 0. The van der Waals surface area contributed by atoms with E-state index in [0.29, 0.717) is 12.8 Å². The molecular weight excluding hydrogens is 234 g/mol. The molecule has 1 aromatic carbocycles. The number of nitrogens with zero attached hydrogens (tertiary/aromatic N) is 1. The largest absolute Gasteiger partial charge is 0.382 e. The highest BCUT2D eigenvalue weighted by atomic mass is 32.2. The van der Waals surface area contributed by atoms with Crippen LogP contribution in [0.15, 0.2) is 24.3 Å². The molecular formula is C9H9NO5S. The highest BCUT2D eigenvalue weighted by Crippen LogP contribution is 2.31. The summed E-state index contributed by atoms with van der Waals surface area (Å²) in [6.45, 7) is 0. The first-order chi connectivity index (χ1) is 7.49. The van der Waals surface area contributed by atoms with E-state index in [2.05, 4.69) is 0 Å². The second-order valence-electron chi connectivity index (χ2n) is 3.53. The van der Waals surface area contributed by atoms with Gasteiger partial charge in [-0.05, 0) is 25.0 Å². The van der Waals surface area contributed by atoms with Crippen LogP contribution in [0, 0.1) is 10.1 Å². The van der Waals surface area contributed by atoms with E-state index in [-0.39, 0.29) is 11.4 Å². The fraction of sp³-hybridized carbons (Fsp3) is 0.333. The van der Waals surface area contributed by atoms with E-state index in [1.807, 2.05) is 0 Å². The van der Waals surface area contributed by atoms with Gasteiger partial charge in [-0.1, -0.05) is 0 Å². The molecule has 1 aliphatic rings. The number of hydrogen-bond acceptors (Lipinski definition) is 5. The lowest BCUT2D eigenvalue weighted by molar-refractivity contribution is -0.384. The molecule has 1 aliphatic carbocycles. The Morgan fingerprint density at radius 3 is 2.25 bits per heavy atom. The summed E-state index contributed by atoms with van der Waals surface area (Å²) in [5, 5.41) is 9.95. The highest BCUT2D eigenvalue weighted by Gasteiger charge is 2.37. The van der Waals surface area contributed by atoms with Gasteiger partial charge in [0, 0.05) is 12.1 Å². The summed E-state index contributed by atoms with van der Waals surface area (Å²) in [4.78, 5) is 9.81. The minimum Gasteiger partial charge on any atom is -0.382 e. The van der Waals surface area contributed by atoms with E-state index in [0.717, 1.165) is 0 Å². The van der Waals surface area contributed by atoms with Crippen LogP contribution in [0.25, 0.3) is 0 Å². The van der Waals surface area contributed by atoms with Gasteiger partial charge in [0.15, 0.2) is 0 Å². The van der Waals surface area contributed by atoms with Crippen molar-refractivity contribution in [3.05, 3.63) is 34.4 Å². The Morgan fingerprint density at radius 2 is 1.81 bits per heavy atom. The van der Waals surface area contributed by atoms with Crippen LogP contribution in [-0.2, 0) is 10.1 Å². The molecule has 0 heterocycles. The number of nitro benzene ring substituents is 1. The molecule has 0 aliphatic heterocycles. The van der Waals surface area contributed by atoms with Gasteiger partial charge in [-0.25, -0.2) is 0 Å². The summed E-state index contributed by atoms with van der Waals surface area (Å²) in [5.41, 5.74) is -0.101. The normalized spacial score (nSPS) is 15.8. The average Bonchev–Trinajstić information content (AvgIpc) is 3.01. The van der Waals surface area contributed by atoms with Crippen LogP contribution >= 0.6 is 0 Å². The van der Waals surface area contributed by atoms with Crippen molar-refractivity contribution in [2.75, 3.05) is 0 Å². The number of nitro groups is 1. The van der Waals surface area contributed by atoms with E-state index >= 15 is 0 Å². The van der Waals surface area contributed by atoms with Crippen molar-refractivity contribution in [1.29, 1.82) is 0 Å². The van der Waals surface area contributed by atoms with Gasteiger partial charge in [0.25, 0.3) is 5.69 Å². The minimum atomic E-state index is -3.54. The molecule has 0 saturated heterocycles. The van der Waals surface area contributed by atoms with Crippen molar-refractivity contribution < 1.29 is 17.5 Å².